The fraction of sp³-hybridized carbons (Fsp3) is 0.263. The number of hydrogen-bond donors (Lipinski definition) is 2. The monoisotopic (exact) mass is 368 g/mol. The van der Waals surface area contributed by atoms with Crippen molar-refractivity contribution in [1.29, 1.82) is 0 Å². The summed E-state index contributed by atoms with van der Waals surface area (Å²) in [6.07, 6.45) is 3.21. The summed E-state index contributed by atoms with van der Waals surface area (Å²) in [4.78, 5) is 42.5. The Labute approximate surface area is 156 Å². The van der Waals surface area contributed by atoms with Crippen molar-refractivity contribution >= 4 is 23.4 Å². The van der Waals surface area contributed by atoms with Crippen LogP contribution in [-0.4, -0.2) is 53.9 Å². The van der Waals surface area contributed by atoms with Crippen LogP contribution in [-0.2, 0) is 20.9 Å². The second-order valence-electron chi connectivity index (χ2n) is 5.94. The van der Waals surface area contributed by atoms with Gasteiger partial charge in [-0.05, 0) is 29.8 Å². The van der Waals surface area contributed by atoms with Gasteiger partial charge in [0.2, 0.25) is 0 Å². The predicted octanol–water partition coefficient (Wildman–Crippen LogP) is 0.809. The average Bonchev–Trinajstić information content (AvgIpc) is 2.73. The van der Waals surface area contributed by atoms with E-state index in [0.29, 0.717) is 37.6 Å². The molecule has 3 amide bonds. The third-order valence-corrected chi connectivity index (χ3v) is 4.11. The van der Waals surface area contributed by atoms with Crippen molar-refractivity contribution in [1.82, 2.24) is 15.2 Å². The molecule has 0 saturated carbocycles. The van der Waals surface area contributed by atoms with E-state index in [1.807, 2.05) is 0 Å². The van der Waals surface area contributed by atoms with E-state index in [4.69, 9.17) is 4.74 Å². The number of amides is 3. The Morgan fingerprint density at radius 3 is 2.44 bits per heavy atom. The Morgan fingerprint density at radius 2 is 1.70 bits per heavy atom. The number of benzene rings is 1. The molecule has 0 radical (unpaired) electrons. The number of carbonyl (C=O) groups is 3. The normalized spacial score (nSPS) is 13.7. The van der Waals surface area contributed by atoms with E-state index in [0.717, 1.165) is 5.56 Å². The topological polar surface area (TPSA) is 101 Å². The Hall–Kier alpha value is -3.26. The maximum atomic E-state index is 12.7. The molecule has 8 heteroatoms. The van der Waals surface area contributed by atoms with Crippen molar-refractivity contribution in [3.63, 3.8) is 0 Å². The number of hydrogen-bond acceptors (Lipinski definition) is 5. The number of anilines is 1. The number of rotatable bonds is 4. The summed E-state index contributed by atoms with van der Waals surface area (Å²) in [7, 11) is 0. The summed E-state index contributed by atoms with van der Waals surface area (Å²) >= 11 is 0. The summed E-state index contributed by atoms with van der Waals surface area (Å²) in [6.45, 7) is 2.17. The van der Waals surface area contributed by atoms with Crippen molar-refractivity contribution in [3.8, 4) is 0 Å². The number of morpholine rings is 1. The number of aromatic nitrogens is 1. The summed E-state index contributed by atoms with van der Waals surface area (Å²) in [5.74, 6) is -1.81. The summed E-state index contributed by atoms with van der Waals surface area (Å²) in [6, 6.07) is 10.1. The fourth-order valence-electron chi connectivity index (χ4n) is 2.66. The van der Waals surface area contributed by atoms with E-state index in [1.54, 1.807) is 53.7 Å². The van der Waals surface area contributed by atoms with Crippen molar-refractivity contribution < 1.29 is 19.1 Å². The second kappa shape index (κ2) is 8.91. The lowest BCUT2D eigenvalue weighted by atomic mass is 10.1. The minimum atomic E-state index is -0.828. The quantitative estimate of drug-likeness (QED) is 0.778. The van der Waals surface area contributed by atoms with Gasteiger partial charge in [-0.15, -0.1) is 0 Å². The molecule has 1 aromatic carbocycles. The lowest BCUT2D eigenvalue weighted by Gasteiger charge is -2.27. The zero-order valence-corrected chi connectivity index (χ0v) is 14.7. The number of nitrogens with one attached hydrogen (secondary N) is 2. The average molecular weight is 368 g/mol. The van der Waals surface area contributed by atoms with E-state index in [1.165, 1.54) is 0 Å². The SMILES string of the molecule is O=C(NCc1ccncc1)C(=O)Nc1ccccc1C(=O)N1CCOCC1. The summed E-state index contributed by atoms with van der Waals surface area (Å²) in [5, 5.41) is 5.06. The van der Waals surface area contributed by atoms with Crippen LogP contribution in [0.1, 0.15) is 15.9 Å². The number of para-hydroxylation sites is 1. The smallest absolute Gasteiger partial charge is 0.313 e. The number of pyridine rings is 1. The van der Waals surface area contributed by atoms with E-state index in [9.17, 15) is 14.4 Å². The molecule has 1 saturated heterocycles. The molecule has 1 aliphatic heterocycles. The highest BCUT2D eigenvalue weighted by Gasteiger charge is 2.22. The largest absolute Gasteiger partial charge is 0.378 e. The molecule has 0 spiro atoms. The summed E-state index contributed by atoms with van der Waals surface area (Å²) in [5.41, 5.74) is 1.47. The third kappa shape index (κ3) is 4.89. The third-order valence-electron chi connectivity index (χ3n) is 4.11. The van der Waals surface area contributed by atoms with Gasteiger partial charge in [-0.3, -0.25) is 19.4 Å². The first-order valence-corrected chi connectivity index (χ1v) is 8.59. The van der Waals surface area contributed by atoms with Crippen LogP contribution >= 0.6 is 0 Å². The fourth-order valence-corrected chi connectivity index (χ4v) is 2.66. The van der Waals surface area contributed by atoms with Gasteiger partial charge < -0.3 is 20.3 Å². The van der Waals surface area contributed by atoms with E-state index in [-0.39, 0.29) is 12.5 Å². The highest BCUT2D eigenvalue weighted by Crippen LogP contribution is 2.18. The molecule has 8 nitrogen and oxygen atoms in total. The van der Waals surface area contributed by atoms with Crippen LogP contribution in [0.4, 0.5) is 5.69 Å². The Bertz CT molecular complexity index is 819. The van der Waals surface area contributed by atoms with Gasteiger partial charge in [-0.25, -0.2) is 0 Å². The highest BCUT2D eigenvalue weighted by atomic mass is 16.5. The first-order valence-electron chi connectivity index (χ1n) is 8.59. The first kappa shape index (κ1) is 18.5. The second-order valence-corrected chi connectivity index (χ2v) is 5.94. The van der Waals surface area contributed by atoms with E-state index in [2.05, 4.69) is 15.6 Å². The highest BCUT2D eigenvalue weighted by molar-refractivity contribution is 6.40. The molecule has 1 aliphatic rings. The van der Waals surface area contributed by atoms with E-state index < -0.39 is 11.8 Å². The molecule has 2 aromatic rings. The van der Waals surface area contributed by atoms with Crippen LogP contribution in [0.15, 0.2) is 48.8 Å². The lowest BCUT2D eigenvalue weighted by Crippen LogP contribution is -2.41. The van der Waals surface area contributed by atoms with Gasteiger partial charge in [-0.2, -0.15) is 0 Å². The number of carbonyl (C=O) groups excluding carboxylic acids is 3. The Balaban J connectivity index is 1.63. The van der Waals surface area contributed by atoms with Gasteiger partial charge >= 0.3 is 11.8 Å². The van der Waals surface area contributed by atoms with Crippen LogP contribution < -0.4 is 10.6 Å². The predicted molar refractivity (Wildman–Crippen MR) is 97.9 cm³/mol. The van der Waals surface area contributed by atoms with Gasteiger partial charge in [0.1, 0.15) is 0 Å². The molecule has 0 unspecified atom stereocenters. The minimum absolute atomic E-state index is 0.202. The molecule has 1 aromatic heterocycles. The molecule has 140 valence electrons. The Kier molecular flexibility index (Phi) is 6.11. The zero-order chi connectivity index (χ0) is 19.1. The molecule has 0 bridgehead atoms. The number of ether oxygens (including phenoxy) is 1. The molecule has 0 aliphatic carbocycles. The molecular weight excluding hydrogens is 348 g/mol. The molecule has 0 atom stereocenters. The standard InChI is InChI=1S/C19H20N4O4/c24-17(21-13-14-5-7-20-8-6-14)18(25)22-16-4-2-1-3-15(16)19(26)23-9-11-27-12-10-23/h1-8H,9-13H2,(H,21,24)(H,22,25). The maximum absolute atomic E-state index is 12.7. The van der Waals surface area contributed by atoms with Crippen molar-refractivity contribution in [2.45, 2.75) is 6.54 Å². The summed E-state index contributed by atoms with van der Waals surface area (Å²) < 4.78 is 5.25. The van der Waals surface area contributed by atoms with Gasteiger partial charge in [0.05, 0.1) is 24.5 Å². The first-order chi connectivity index (χ1) is 13.1. The van der Waals surface area contributed by atoms with Crippen LogP contribution in [0.3, 0.4) is 0 Å². The van der Waals surface area contributed by atoms with Crippen LogP contribution in [0.25, 0.3) is 0 Å². The Morgan fingerprint density at radius 1 is 1.00 bits per heavy atom. The molecule has 2 heterocycles. The van der Waals surface area contributed by atoms with Gasteiger partial charge in [0.15, 0.2) is 0 Å². The molecular formula is C19H20N4O4. The molecule has 2 N–H and O–H groups in total. The van der Waals surface area contributed by atoms with E-state index >= 15 is 0 Å². The van der Waals surface area contributed by atoms with Crippen LogP contribution in [0.5, 0.6) is 0 Å². The van der Waals surface area contributed by atoms with Gasteiger partial charge in [-0.1, -0.05) is 12.1 Å². The van der Waals surface area contributed by atoms with Crippen molar-refractivity contribution in [2.24, 2.45) is 0 Å². The van der Waals surface area contributed by atoms with Gasteiger partial charge in [0.25, 0.3) is 5.91 Å². The minimum Gasteiger partial charge on any atom is -0.378 e. The van der Waals surface area contributed by atoms with Gasteiger partial charge in [0, 0.05) is 32.0 Å². The zero-order valence-electron chi connectivity index (χ0n) is 14.7. The maximum Gasteiger partial charge on any atom is 0.313 e. The van der Waals surface area contributed by atoms with Crippen molar-refractivity contribution in [2.75, 3.05) is 31.6 Å². The lowest BCUT2D eigenvalue weighted by molar-refractivity contribution is -0.136. The van der Waals surface area contributed by atoms with Crippen molar-refractivity contribution in [3.05, 3.63) is 59.9 Å². The number of nitrogens with zero attached hydrogens (tertiary/aromatic N) is 2. The molecule has 3 rings (SSSR count). The molecule has 1 fully saturated rings. The molecule has 27 heavy (non-hydrogen) atoms. The van der Waals surface area contributed by atoms with Crippen LogP contribution in [0.2, 0.25) is 0 Å². The van der Waals surface area contributed by atoms with Crippen LogP contribution in [0, 0.1) is 0 Å².